The second-order valence-corrected chi connectivity index (χ2v) is 3.77. The third-order valence-electron chi connectivity index (χ3n) is 2.75. The highest BCUT2D eigenvalue weighted by atomic mass is 16.5. The van der Waals surface area contributed by atoms with Crippen molar-refractivity contribution in [3.63, 3.8) is 0 Å². The number of nitrogens with zero attached hydrogens (tertiary/aromatic N) is 3. The molecule has 0 fully saturated rings. The molecule has 0 amide bonds. The smallest absolute Gasteiger partial charge is 0.358 e. The first kappa shape index (κ1) is 9.91. The number of hydrogen-bond donors (Lipinski definition) is 2. The number of aromatic carboxylic acids is 1. The topological polar surface area (TPSA) is 115 Å². The van der Waals surface area contributed by atoms with Gasteiger partial charge in [-0.15, -0.1) is 0 Å². The summed E-state index contributed by atoms with van der Waals surface area (Å²) < 4.78 is 5.05. The SMILES string of the molecule is NC1Cc2ncncc2-c2onc(C(=O)O)c21. The predicted molar refractivity (Wildman–Crippen MR) is 55.1 cm³/mol. The fraction of sp³-hybridized carbons (Fsp3) is 0.200. The first-order chi connectivity index (χ1) is 8.18. The Kier molecular flexibility index (Phi) is 1.96. The first-order valence-electron chi connectivity index (χ1n) is 4.96. The summed E-state index contributed by atoms with van der Waals surface area (Å²) >= 11 is 0. The van der Waals surface area contributed by atoms with Crippen LogP contribution in [-0.2, 0) is 6.42 Å². The molecule has 7 nitrogen and oxygen atoms in total. The molecule has 0 spiro atoms. The zero-order chi connectivity index (χ0) is 12.0. The first-order valence-corrected chi connectivity index (χ1v) is 4.96. The molecule has 2 heterocycles. The minimum Gasteiger partial charge on any atom is -0.476 e. The van der Waals surface area contributed by atoms with Crippen molar-refractivity contribution in [1.82, 2.24) is 15.1 Å². The zero-order valence-electron chi connectivity index (χ0n) is 8.62. The molecular weight excluding hydrogens is 224 g/mol. The van der Waals surface area contributed by atoms with Gasteiger partial charge in [0.15, 0.2) is 11.5 Å². The summed E-state index contributed by atoms with van der Waals surface area (Å²) in [5.41, 5.74) is 7.60. The van der Waals surface area contributed by atoms with Crippen molar-refractivity contribution in [2.45, 2.75) is 12.5 Å². The highest BCUT2D eigenvalue weighted by Crippen LogP contribution is 2.37. The maximum Gasteiger partial charge on any atom is 0.358 e. The molecule has 2 aromatic heterocycles. The normalized spacial score (nSPS) is 17.4. The Bertz CT molecular complexity index is 607. The van der Waals surface area contributed by atoms with E-state index in [2.05, 4.69) is 15.1 Å². The summed E-state index contributed by atoms with van der Waals surface area (Å²) in [6, 6.07) is -0.468. The molecule has 2 aromatic rings. The summed E-state index contributed by atoms with van der Waals surface area (Å²) in [6.07, 6.45) is 3.45. The Balaban J connectivity index is 2.27. The molecule has 1 unspecified atom stereocenters. The number of carboxylic acids is 1. The lowest BCUT2D eigenvalue weighted by molar-refractivity contribution is 0.0684. The van der Waals surface area contributed by atoms with Crippen LogP contribution < -0.4 is 5.73 Å². The van der Waals surface area contributed by atoms with Crippen molar-refractivity contribution in [3.8, 4) is 11.3 Å². The lowest BCUT2D eigenvalue weighted by Gasteiger charge is -2.18. The van der Waals surface area contributed by atoms with Crippen LogP contribution in [0.25, 0.3) is 11.3 Å². The van der Waals surface area contributed by atoms with E-state index in [1.807, 2.05) is 0 Å². The number of hydrogen-bond acceptors (Lipinski definition) is 6. The molecule has 1 aliphatic rings. The van der Waals surface area contributed by atoms with Crippen molar-refractivity contribution >= 4 is 5.97 Å². The van der Waals surface area contributed by atoms with Crippen molar-refractivity contribution in [2.75, 3.05) is 0 Å². The fourth-order valence-electron chi connectivity index (χ4n) is 2.01. The van der Waals surface area contributed by atoms with E-state index in [1.54, 1.807) is 6.20 Å². The van der Waals surface area contributed by atoms with E-state index < -0.39 is 12.0 Å². The minimum absolute atomic E-state index is 0.137. The Morgan fingerprint density at radius 3 is 3.18 bits per heavy atom. The van der Waals surface area contributed by atoms with Gasteiger partial charge in [-0.1, -0.05) is 5.16 Å². The van der Waals surface area contributed by atoms with E-state index in [1.165, 1.54) is 6.33 Å². The van der Waals surface area contributed by atoms with Crippen LogP contribution in [0.2, 0.25) is 0 Å². The van der Waals surface area contributed by atoms with Crippen LogP contribution in [0, 0.1) is 0 Å². The minimum atomic E-state index is -1.15. The van der Waals surface area contributed by atoms with Gasteiger partial charge in [-0.05, 0) is 0 Å². The second kappa shape index (κ2) is 3.36. The molecule has 7 heteroatoms. The Morgan fingerprint density at radius 1 is 1.59 bits per heavy atom. The van der Waals surface area contributed by atoms with Crippen LogP contribution in [0.3, 0.4) is 0 Å². The molecule has 0 aromatic carbocycles. The van der Waals surface area contributed by atoms with Gasteiger partial charge in [-0.3, -0.25) is 0 Å². The molecule has 3 N–H and O–H groups in total. The number of nitrogens with two attached hydrogens (primary N) is 1. The number of aromatic nitrogens is 3. The summed E-state index contributed by atoms with van der Waals surface area (Å²) in [7, 11) is 0. The van der Waals surface area contributed by atoms with E-state index in [4.69, 9.17) is 15.4 Å². The van der Waals surface area contributed by atoms with Gasteiger partial charge in [0.1, 0.15) is 6.33 Å². The average molecular weight is 232 g/mol. The second-order valence-electron chi connectivity index (χ2n) is 3.77. The van der Waals surface area contributed by atoms with Gasteiger partial charge in [0.05, 0.1) is 16.8 Å². The highest BCUT2D eigenvalue weighted by Gasteiger charge is 2.33. The molecule has 0 bridgehead atoms. The van der Waals surface area contributed by atoms with Crippen LogP contribution in [-0.4, -0.2) is 26.2 Å². The summed E-state index contributed by atoms with van der Waals surface area (Å²) in [5.74, 6) is -0.789. The molecule has 17 heavy (non-hydrogen) atoms. The zero-order valence-corrected chi connectivity index (χ0v) is 8.62. The van der Waals surface area contributed by atoms with Crippen molar-refractivity contribution in [3.05, 3.63) is 29.5 Å². The maximum atomic E-state index is 11.0. The third-order valence-corrected chi connectivity index (χ3v) is 2.75. The largest absolute Gasteiger partial charge is 0.476 e. The summed E-state index contributed by atoms with van der Waals surface area (Å²) in [4.78, 5) is 19.0. The molecule has 0 aliphatic heterocycles. The quantitative estimate of drug-likeness (QED) is 0.730. The van der Waals surface area contributed by atoms with Gasteiger partial charge >= 0.3 is 5.97 Å². The Labute approximate surface area is 95.3 Å². The predicted octanol–water partition coefficient (Wildman–Crippen LogP) is 0.386. The third kappa shape index (κ3) is 1.32. The van der Waals surface area contributed by atoms with Crippen LogP contribution in [0.1, 0.15) is 27.8 Å². The molecule has 1 aliphatic carbocycles. The molecule has 3 rings (SSSR count). The van der Waals surface area contributed by atoms with Crippen LogP contribution in [0.5, 0.6) is 0 Å². The van der Waals surface area contributed by atoms with Gasteiger partial charge < -0.3 is 15.4 Å². The lowest BCUT2D eigenvalue weighted by atomic mass is 9.90. The van der Waals surface area contributed by atoms with E-state index in [0.29, 0.717) is 23.3 Å². The number of carboxylic acid groups (broad SMARTS) is 1. The van der Waals surface area contributed by atoms with Gasteiger partial charge in [0, 0.05) is 18.7 Å². The number of rotatable bonds is 1. The van der Waals surface area contributed by atoms with Gasteiger partial charge in [-0.25, -0.2) is 14.8 Å². The van der Waals surface area contributed by atoms with Crippen molar-refractivity contribution in [1.29, 1.82) is 0 Å². The lowest BCUT2D eigenvalue weighted by Crippen LogP contribution is -2.21. The van der Waals surface area contributed by atoms with Crippen molar-refractivity contribution < 1.29 is 14.4 Å². The van der Waals surface area contributed by atoms with E-state index in [-0.39, 0.29) is 5.69 Å². The summed E-state index contributed by atoms with van der Waals surface area (Å²) in [5, 5.41) is 12.5. The van der Waals surface area contributed by atoms with Gasteiger partial charge in [0.2, 0.25) is 0 Å². The molecule has 1 atom stereocenters. The maximum absolute atomic E-state index is 11.0. The molecule has 0 saturated heterocycles. The average Bonchev–Trinajstić information content (AvgIpc) is 2.74. The monoisotopic (exact) mass is 232 g/mol. The van der Waals surface area contributed by atoms with Gasteiger partial charge in [-0.2, -0.15) is 0 Å². The number of carbonyl (C=O) groups is 1. The molecular formula is C10H8N4O3. The standard InChI is InChI=1S/C10H8N4O3/c11-5-1-6-4(2-12-3-13-6)9-7(5)8(10(15)16)14-17-9/h2-3,5H,1,11H2,(H,15,16). The van der Waals surface area contributed by atoms with Crippen LogP contribution in [0.4, 0.5) is 0 Å². The molecule has 86 valence electrons. The van der Waals surface area contributed by atoms with E-state index in [9.17, 15) is 4.79 Å². The number of fused-ring (bicyclic) bond motifs is 3. The van der Waals surface area contributed by atoms with E-state index in [0.717, 1.165) is 5.69 Å². The van der Waals surface area contributed by atoms with Gasteiger partial charge in [0.25, 0.3) is 0 Å². The Morgan fingerprint density at radius 2 is 2.41 bits per heavy atom. The van der Waals surface area contributed by atoms with E-state index >= 15 is 0 Å². The Hall–Kier alpha value is -2.28. The summed E-state index contributed by atoms with van der Waals surface area (Å²) in [6.45, 7) is 0. The van der Waals surface area contributed by atoms with Crippen molar-refractivity contribution in [2.24, 2.45) is 5.73 Å². The van der Waals surface area contributed by atoms with Crippen LogP contribution >= 0.6 is 0 Å². The van der Waals surface area contributed by atoms with Crippen LogP contribution in [0.15, 0.2) is 17.0 Å². The fourth-order valence-corrected chi connectivity index (χ4v) is 2.01. The molecule has 0 saturated carbocycles. The molecule has 0 radical (unpaired) electrons. The highest BCUT2D eigenvalue weighted by molar-refractivity contribution is 5.90.